The van der Waals surface area contributed by atoms with Gasteiger partial charge in [0.05, 0.1) is 9.79 Å². The Morgan fingerprint density at radius 2 is 1.90 bits per heavy atom. The van der Waals surface area contributed by atoms with Crippen molar-refractivity contribution in [3.8, 4) is 0 Å². The fraction of sp³-hybridized carbons (Fsp3) is 0.500. The van der Waals surface area contributed by atoms with E-state index in [0.29, 0.717) is 6.54 Å². The maximum Gasteiger partial charge on any atom is 0.261 e. The van der Waals surface area contributed by atoms with E-state index < -0.39 is 19.1 Å². The molecule has 1 heterocycles. The molecule has 112 valence electrons. The monoisotopic (exact) mass is 337 g/mol. The number of rotatable bonds is 4. The van der Waals surface area contributed by atoms with Crippen LogP contribution in [0.5, 0.6) is 0 Å². The first-order valence-electron chi connectivity index (χ1n) is 6.33. The van der Waals surface area contributed by atoms with Gasteiger partial charge in [-0.2, -0.15) is 4.31 Å². The highest BCUT2D eigenvalue weighted by molar-refractivity contribution is 8.13. The first-order valence-corrected chi connectivity index (χ1v) is 10.1. The highest BCUT2D eigenvalue weighted by atomic mass is 35.7. The topological polar surface area (TPSA) is 71.5 Å². The molecule has 1 aliphatic rings. The Balaban J connectivity index is 2.45. The van der Waals surface area contributed by atoms with Gasteiger partial charge in [-0.3, -0.25) is 0 Å². The molecule has 0 aliphatic carbocycles. The summed E-state index contributed by atoms with van der Waals surface area (Å²) in [5.41, 5.74) is 0. The minimum atomic E-state index is -3.94. The number of nitrogens with zero attached hydrogens (tertiary/aromatic N) is 1. The van der Waals surface area contributed by atoms with Crippen LogP contribution in [0.1, 0.15) is 26.2 Å². The highest BCUT2D eigenvalue weighted by Gasteiger charge is 2.34. The van der Waals surface area contributed by atoms with Gasteiger partial charge in [-0.05, 0) is 37.5 Å². The SMILES string of the molecule is CCC1CCCN1S(=O)(=O)c1cccc(S(=O)(=O)Cl)c1. The molecule has 8 heteroatoms. The molecular weight excluding hydrogens is 322 g/mol. The summed E-state index contributed by atoms with van der Waals surface area (Å²) in [5.74, 6) is 0. The average molecular weight is 338 g/mol. The number of benzene rings is 1. The molecular formula is C12H16ClNO4S2. The molecule has 0 bridgehead atoms. The summed E-state index contributed by atoms with van der Waals surface area (Å²) in [4.78, 5) is -0.230. The fourth-order valence-electron chi connectivity index (χ4n) is 2.46. The molecule has 1 unspecified atom stereocenters. The zero-order valence-electron chi connectivity index (χ0n) is 11.0. The molecule has 5 nitrogen and oxygen atoms in total. The zero-order valence-corrected chi connectivity index (χ0v) is 13.4. The molecule has 0 amide bonds. The van der Waals surface area contributed by atoms with Crippen LogP contribution in [0, 0.1) is 0 Å². The summed E-state index contributed by atoms with van der Waals surface area (Å²) in [6.45, 7) is 2.41. The van der Waals surface area contributed by atoms with Gasteiger partial charge in [-0.1, -0.05) is 13.0 Å². The fourth-order valence-corrected chi connectivity index (χ4v) is 5.14. The smallest absolute Gasteiger partial charge is 0.207 e. The molecule has 2 rings (SSSR count). The van der Waals surface area contributed by atoms with Gasteiger partial charge in [0.1, 0.15) is 0 Å². The lowest BCUT2D eigenvalue weighted by molar-refractivity contribution is 0.379. The van der Waals surface area contributed by atoms with Crippen molar-refractivity contribution >= 4 is 29.8 Å². The molecule has 0 N–H and O–H groups in total. The Hall–Kier alpha value is -0.630. The molecule has 1 saturated heterocycles. The maximum atomic E-state index is 12.6. The molecule has 0 spiro atoms. The Kier molecular flexibility index (Phi) is 4.44. The molecule has 20 heavy (non-hydrogen) atoms. The van der Waals surface area contributed by atoms with Gasteiger partial charge < -0.3 is 0 Å². The third-order valence-electron chi connectivity index (χ3n) is 3.49. The predicted molar refractivity (Wildman–Crippen MR) is 76.7 cm³/mol. The van der Waals surface area contributed by atoms with Crippen LogP contribution < -0.4 is 0 Å². The van der Waals surface area contributed by atoms with Crippen LogP contribution in [-0.2, 0) is 19.1 Å². The van der Waals surface area contributed by atoms with Gasteiger partial charge >= 0.3 is 0 Å². The lowest BCUT2D eigenvalue weighted by atomic mass is 10.2. The van der Waals surface area contributed by atoms with Gasteiger partial charge in [0.2, 0.25) is 10.0 Å². The van der Waals surface area contributed by atoms with E-state index in [9.17, 15) is 16.8 Å². The lowest BCUT2D eigenvalue weighted by Crippen LogP contribution is -2.35. The van der Waals surface area contributed by atoms with E-state index in [1.54, 1.807) is 0 Å². The van der Waals surface area contributed by atoms with Gasteiger partial charge in [-0.15, -0.1) is 0 Å². The molecule has 0 radical (unpaired) electrons. The van der Waals surface area contributed by atoms with Gasteiger partial charge in [-0.25, -0.2) is 16.8 Å². The number of hydrogen-bond acceptors (Lipinski definition) is 4. The average Bonchev–Trinajstić information content (AvgIpc) is 2.87. The van der Waals surface area contributed by atoms with Gasteiger partial charge in [0, 0.05) is 23.3 Å². The summed E-state index contributed by atoms with van der Waals surface area (Å²) in [6.07, 6.45) is 2.40. The van der Waals surface area contributed by atoms with Crippen molar-refractivity contribution in [2.24, 2.45) is 0 Å². The van der Waals surface area contributed by atoms with E-state index in [0.717, 1.165) is 25.3 Å². The van der Waals surface area contributed by atoms with Crippen LogP contribution in [0.3, 0.4) is 0 Å². The van der Waals surface area contributed by atoms with Gasteiger partial charge in [0.25, 0.3) is 9.05 Å². The summed E-state index contributed by atoms with van der Waals surface area (Å²) < 4.78 is 49.2. The first-order chi connectivity index (χ1) is 9.26. The van der Waals surface area contributed by atoms with Crippen LogP contribution in [0.15, 0.2) is 34.1 Å². The zero-order chi connectivity index (χ0) is 15.0. The Bertz CT molecular complexity index is 700. The first kappa shape index (κ1) is 15.8. The molecule has 1 aromatic rings. The van der Waals surface area contributed by atoms with Crippen molar-refractivity contribution in [3.63, 3.8) is 0 Å². The van der Waals surface area contributed by atoms with Crippen molar-refractivity contribution < 1.29 is 16.8 Å². The summed E-state index contributed by atoms with van der Waals surface area (Å²) >= 11 is 0. The Morgan fingerprint density at radius 1 is 1.25 bits per heavy atom. The second-order valence-corrected chi connectivity index (χ2v) is 9.19. The van der Waals surface area contributed by atoms with Crippen LogP contribution in [0.2, 0.25) is 0 Å². The van der Waals surface area contributed by atoms with E-state index in [1.165, 1.54) is 22.5 Å². The maximum absolute atomic E-state index is 12.6. The lowest BCUT2D eigenvalue weighted by Gasteiger charge is -2.23. The normalized spacial score (nSPS) is 21.2. The third kappa shape index (κ3) is 3.00. The number of sulfonamides is 1. The quantitative estimate of drug-likeness (QED) is 0.789. The van der Waals surface area contributed by atoms with Crippen LogP contribution in [0.4, 0.5) is 0 Å². The van der Waals surface area contributed by atoms with Crippen molar-refractivity contribution in [3.05, 3.63) is 24.3 Å². The summed E-state index contributed by atoms with van der Waals surface area (Å²) in [6, 6.07) is 5.16. The molecule has 0 aromatic heterocycles. The van der Waals surface area contributed by atoms with E-state index in [2.05, 4.69) is 0 Å². The third-order valence-corrected chi connectivity index (χ3v) is 6.79. The second kappa shape index (κ2) is 5.63. The largest absolute Gasteiger partial charge is 0.261 e. The van der Waals surface area contributed by atoms with Crippen LogP contribution in [-0.4, -0.2) is 33.7 Å². The second-order valence-electron chi connectivity index (χ2n) is 4.73. The van der Waals surface area contributed by atoms with Crippen molar-refractivity contribution in [2.75, 3.05) is 6.54 Å². The molecule has 1 fully saturated rings. The Labute approximate surface area is 124 Å². The van der Waals surface area contributed by atoms with Crippen LogP contribution in [0.25, 0.3) is 0 Å². The van der Waals surface area contributed by atoms with E-state index >= 15 is 0 Å². The summed E-state index contributed by atoms with van der Waals surface area (Å²) in [7, 11) is -2.35. The number of halogens is 1. The number of hydrogen-bond donors (Lipinski definition) is 0. The van der Waals surface area contributed by atoms with Crippen LogP contribution >= 0.6 is 10.7 Å². The summed E-state index contributed by atoms with van der Waals surface area (Å²) in [5, 5.41) is 0. The highest BCUT2D eigenvalue weighted by Crippen LogP contribution is 2.29. The van der Waals surface area contributed by atoms with Gasteiger partial charge in [0.15, 0.2) is 0 Å². The molecule has 1 aliphatic heterocycles. The standard InChI is InChI=1S/C12H16ClNO4S2/c1-2-10-5-4-8-14(10)20(17,18)12-7-3-6-11(9-12)19(13,15)16/h3,6-7,9-10H,2,4-5,8H2,1H3. The minimum absolute atomic E-state index is 0.0173. The Morgan fingerprint density at radius 3 is 2.50 bits per heavy atom. The molecule has 1 aromatic carbocycles. The van der Waals surface area contributed by atoms with E-state index in [-0.39, 0.29) is 15.8 Å². The van der Waals surface area contributed by atoms with E-state index in [4.69, 9.17) is 10.7 Å². The molecule has 1 atom stereocenters. The van der Waals surface area contributed by atoms with E-state index in [1.807, 2.05) is 6.92 Å². The minimum Gasteiger partial charge on any atom is -0.207 e. The van der Waals surface area contributed by atoms with Crippen molar-refractivity contribution in [1.29, 1.82) is 0 Å². The predicted octanol–water partition coefficient (Wildman–Crippen LogP) is 2.18. The van der Waals surface area contributed by atoms with Crippen molar-refractivity contribution in [1.82, 2.24) is 4.31 Å². The molecule has 0 saturated carbocycles. The van der Waals surface area contributed by atoms with Crippen molar-refractivity contribution in [2.45, 2.75) is 42.0 Å².